The van der Waals surface area contributed by atoms with Crippen molar-refractivity contribution in [2.75, 3.05) is 5.32 Å². The van der Waals surface area contributed by atoms with E-state index in [0.717, 1.165) is 16.8 Å². The van der Waals surface area contributed by atoms with Crippen molar-refractivity contribution in [3.8, 4) is 11.4 Å². The van der Waals surface area contributed by atoms with Gasteiger partial charge in [-0.3, -0.25) is 9.78 Å². The van der Waals surface area contributed by atoms with Crippen LogP contribution in [0.4, 0.5) is 5.69 Å². The third-order valence-corrected chi connectivity index (χ3v) is 3.84. The molecule has 6 heteroatoms. The van der Waals surface area contributed by atoms with Gasteiger partial charge in [-0.2, -0.15) is 4.98 Å². The summed E-state index contributed by atoms with van der Waals surface area (Å²) in [4.78, 5) is 20.4. The summed E-state index contributed by atoms with van der Waals surface area (Å²) in [6, 6.07) is 9.66. The minimum atomic E-state index is -0.0149. The minimum absolute atomic E-state index is 0.0149. The monoisotopic (exact) mass is 336 g/mol. The number of carbonyl (C=O) groups excluding carboxylic acids is 1. The lowest BCUT2D eigenvalue weighted by atomic mass is 10.1. The van der Waals surface area contributed by atoms with Gasteiger partial charge in [-0.15, -0.1) is 0 Å². The van der Waals surface area contributed by atoms with Crippen LogP contribution in [-0.4, -0.2) is 21.0 Å². The van der Waals surface area contributed by atoms with Gasteiger partial charge in [0, 0.05) is 36.5 Å². The summed E-state index contributed by atoms with van der Waals surface area (Å²) in [5, 5.41) is 6.89. The van der Waals surface area contributed by atoms with E-state index in [9.17, 15) is 4.79 Å². The van der Waals surface area contributed by atoms with Gasteiger partial charge >= 0.3 is 0 Å². The smallest absolute Gasteiger partial charge is 0.226 e. The van der Waals surface area contributed by atoms with Crippen molar-refractivity contribution in [3.05, 3.63) is 59.7 Å². The molecule has 0 fully saturated rings. The summed E-state index contributed by atoms with van der Waals surface area (Å²) in [6.45, 7) is 4.02. The number of aromatic nitrogens is 3. The maximum absolute atomic E-state index is 12.1. The Balaban J connectivity index is 1.49. The number of hydrogen-bond donors (Lipinski definition) is 1. The van der Waals surface area contributed by atoms with Crippen LogP contribution in [0.3, 0.4) is 0 Å². The topological polar surface area (TPSA) is 80.9 Å². The summed E-state index contributed by atoms with van der Waals surface area (Å²) in [6.07, 6.45) is 4.99. The normalized spacial score (nSPS) is 10.6. The number of nitrogens with zero attached hydrogens (tertiary/aromatic N) is 3. The first-order valence-corrected chi connectivity index (χ1v) is 8.22. The Kier molecular flexibility index (Phi) is 5.18. The number of amides is 1. The van der Waals surface area contributed by atoms with E-state index in [0.29, 0.717) is 31.0 Å². The van der Waals surface area contributed by atoms with Crippen molar-refractivity contribution >= 4 is 11.6 Å². The highest BCUT2D eigenvalue weighted by Crippen LogP contribution is 2.17. The van der Waals surface area contributed by atoms with Crippen LogP contribution in [0.15, 0.2) is 47.2 Å². The maximum atomic E-state index is 12.1. The Hall–Kier alpha value is -3.02. The van der Waals surface area contributed by atoms with E-state index in [2.05, 4.69) is 20.4 Å². The molecular weight excluding hydrogens is 316 g/mol. The van der Waals surface area contributed by atoms with Gasteiger partial charge in [0.1, 0.15) is 0 Å². The Labute approximate surface area is 146 Å². The van der Waals surface area contributed by atoms with Gasteiger partial charge in [0.15, 0.2) is 0 Å². The molecule has 0 radical (unpaired) electrons. The number of anilines is 1. The first-order valence-electron chi connectivity index (χ1n) is 8.22. The molecule has 0 atom stereocenters. The Morgan fingerprint density at radius 1 is 1.24 bits per heavy atom. The van der Waals surface area contributed by atoms with E-state index in [1.54, 1.807) is 12.4 Å². The molecule has 3 aromatic rings. The Morgan fingerprint density at radius 2 is 2.12 bits per heavy atom. The first kappa shape index (κ1) is 16.8. The maximum Gasteiger partial charge on any atom is 0.226 e. The molecule has 0 spiro atoms. The van der Waals surface area contributed by atoms with Crippen LogP contribution < -0.4 is 5.32 Å². The van der Waals surface area contributed by atoms with Crippen molar-refractivity contribution < 1.29 is 9.32 Å². The average molecular weight is 336 g/mol. The van der Waals surface area contributed by atoms with Crippen molar-refractivity contribution in [2.24, 2.45) is 0 Å². The second kappa shape index (κ2) is 7.70. The number of pyridine rings is 1. The van der Waals surface area contributed by atoms with Gasteiger partial charge < -0.3 is 9.84 Å². The molecule has 6 nitrogen and oxygen atoms in total. The van der Waals surface area contributed by atoms with Crippen LogP contribution >= 0.6 is 0 Å². The highest BCUT2D eigenvalue weighted by molar-refractivity contribution is 5.91. The number of aryl methyl sites for hydroxylation is 3. The highest BCUT2D eigenvalue weighted by atomic mass is 16.5. The van der Waals surface area contributed by atoms with Crippen LogP contribution in [0.2, 0.25) is 0 Å². The molecule has 2 aromatic heterocycles. The fourth-order valence-electron chi connectivity index (χ4n) is 2.54. The summed E-state index contributed by atoms with van der Waals surface area (Å²) in [5.74, 6) is 1.03. The lowest BCUT2D eigenvalue weighted by Crippen LogP contribution is -2.12. The predicted octanol–water partition coefficient (Wildman–Crippen LogP) is 3.71. The van der Waals surface area contributed by atoms with Crippen LogP contribution in [0.25, 0.3) is 11.4 Å². The van der Waals surface area contributed by atoms with Gasteiger partial charge in [0.25, 0.3) is 0 Å². The molecule has 0 saturated heterocycles. The molecular formula is C19H20N4O2. The third kappa shape index (κ3) is 4.50. The molecule has 0 saturated carbocycles. The summed E-state index contributed by atoms with van der Waals surface area (Å²) < 4.78 is 5.23. The minimum Gasteiger partial charge on any atom is -0.339 e. The number of rotatable bonds is 6. The van der Waals surface area contributed by atoms with Gasteiger partial charge in [-0.1, -0.05) is 22.9 Å². The lowest BCUT2D eigenvalue weighted by molar-refractivity contribution is -0.116. The van der Waals surface area contributed by atoms with Crippen LogP contribution in [-0.2, 0) is 11.2 Å². The van der Waals surface area contributed by atoms with E-state index >= 15 is 0 Å². The van der Waals surface area contributed by atoms with Gasteiger partial charge in [-0.25, -0.2) is 0 Å². The molecule has 1 amide bonds. The number of hydrogen-bond acceptors (Lipinski definition) is 5. The Morgan fingerprint density at radius 3 is 2.88 bits per heavy atom. The summed E-state index contributed by atoms with van der Waals surface area (Å²) in [5.41, 5.74) is 3.90. The van der Waals surface area contributed by atoms with E-state index in [-0.39, 0.29) is 5.91 Å². The zero-order chi connectivity index (χ0) is 17.6. The van der Waals surface area contributed by atoms with Crippen LogP contribution in [0.1, 0.15) is 29.9 Å². The largest absolute Gasteiger partial charge is 0.339 e. The van der Waals surface area contributed by atoms with Crippen molar-refractivity contribution in [2.45, 2.75) is 33.1 Å². The molecule has 0 bridgehead atoms. The SMILES string of the molecule is Cc1ccc(NC(=O)CCCc2nc(-c3cccnc3)no2)c(C)c1. The number of benzene rings is 1. The second-order valence-electron chi connectivity index (χ2n) is 5.97. The molecule has 128 valence electrons. The lowest BCUT2D eigenvalue weighted by Gasteiger charge is -2.08. The molecule has 0 aliphatic carbocycles. The number of carbonyl (C=O) groups is 1. The molecule has 1 N–H and O–H groups in total. The second-order valence-corrected chi connectivity index (χ2v) is 5.97. The fourth-order valence-corrected chi connectivity index (χ4v) is 2.54. The average Bonchev–Trinajstić information content (AvgIpc) is 3.07. The molecule has 0 unspecified atom stereocenters. The zero-order valence-electron chi connectivity index (χ0n) is 14.3. The molecule has 25 heavy (non-hydrogen) atoms. The van der Waals surface area contributed by atoms with E-state index in [4.69, 9.17) is 4.52 Å². The van der Waals surface area contributed by atoms with Gasteiger partial charge in [0.2, 0.25) is 17.6 Å². The van der Waals surface area contributed by atoms with E-state index in [1.807, 2.05) is 44.2 Å². The van der Waals surface area contributed by atoms with Gasteiger partial charge in [-0.05, 0) is 44.0 Å². The van der Waals surface area contributed by atoms with Crippen molar-refractivity contribution in [1.29, 1.82) is 0 Å². The van der Waals surface area contributed by atoms with Crippen molar-refractivity contribution in [1.82, 2.24) is 15.1 Å². The quantitative estimate of drug-likeness (QED) is 0.742. The fraction of sp³-hybridized carbons (Fsp3) is 0.263. The van der Waals surface area contributed by atoms with Crippen LogP contribution in [0.5, 0.6) is 0 Å². The first-order chi connectivity index (χ1) is 12.1. The van der Waals surface area contributed by atoms with E-state index < -0.39 is 0 Å². The molecule has 3 rings (SSSR count). The summed E-state index contributed by atoms with van der Waals surface area (Å²) in [7, 11) is 0. The number of nitrogens with one attached hydrogen (secondary N) is 1. The third-order valence-electron chi connectivity index (χ3n) is 3.84. The standard InChI is InChI=1S/C19H20N4O2/c1-13-8-9-16(14(2)11-13)21-17(24)6-3-7-18-22-19(23-25-18)15-5-4-10-20-12-15/h4-5,8-12H,3,6-7H2,1-2H3,(H,21,24). The Bertz CT molecular complexity index is 859. The molecule has 2 heterocycles. The van der Waals surface area contributed by atoms with E-state index in [1.165, 1.54) is 5.56 Å². The zero-order valence-corrected chi connectivity index (χ0v) is 14.3. The highest BCUT2D eigenvalue weighted by Gasteiger charge is 2.10. The van der Waals surface area contributed by atoms with Crippen molar-refractivity contribution in [3.63, 3.8) is 0 Å². The predicted molar refractivity (Wildman–Crippen MR) is 95.0 cm³/mol. The molecule has 1 aromatic carbocycles. The van der Waals surface area contributed by atoms with Gasteiger partial charge in [0.05, 0.1) is 0 Å². The molecule has 0 aliphatic heterocycles. The summed E-state index contributed by atoms with van der Waals surface area (Å²) >= 11 is 0. The molecule has 0 aliphatic rings. The van der Waals surface area contributed by atoms with Crippen LogP contribution in [0, 0.1) is 13.8 Å².